The van der Waals surface area contributed by atoms with Crippen molar-refractivity contribution in [1.29, 1.82) is 0 Å². The average molecular weight is 208 g/mol. The van der Waals surface area contributed by atoms with Crippen LogP contribution in [0.5, 0.6) is 0 Å². The van der Waals surface area contributed by atoms with Crippen molar-refractivity contribution in [3.05, 3.63) is 33.9 Å². The maximum Gasteiger partial charge on any atom is 0.269 e. The van der Waals surface area contributed by atoms with Crippen LogP contribution in [0.15, 0.2) is 18.2 Å². The predicted octanol–water partition coefficient (Wildman–Crippen LogP) is 3.08. The number of non-ortho nitro benzene ring substituents is 1. The summed E-state index contributed by atoms with van der Waals surface area (Å²) in [7, 11) is 0. The minimum atomic E-state index is -0.387. The van der Waals surface area contributed by atoms with Crippen molar-refractivity contribution < 1.29 is 4.92 Å². The average Bonchev–Trinajstić information content (AvgIpc) is 2.18. The maximum atomic E-state index is 10.6. The number of benzene rings is 1. The van der Waals surface area contributed by atoms with Gasteiger partial charge in [0.2, 0.25) is 0 Å². The Morgan fingerprint density at radius 2 is 2.20 bits per heavy atom. The molecule has 1 rings (SSSR count). The lowest BCUT2D eigenvalue weighted by molar-refractivity contribution is -0.384. The Kier molecular flexibility index (Phi) is 3.66. The third kappa shape index (κ3) is 2.68. The molecule has 0 fully saturated rings. The largest absolute Gasteiger partial charge is 0.398 e. The fourth-order valence-electron chi connectivity index (χ4n) is 1.69. The van der Waals surface area contributed by atoms with E-state index in [2.05, 4.69) is 6.92 Å². The SMILES string of the molecule is CCCC(C)c1cc([N+](=O)[O-])ccc1N. The van der Waals surface area contributed by atoms with Gasteiger partial charge in [-0.2, -0.15) is 0 Å². The van der Waals surface area contributed by atoms with Gasteiger partial charge in [0.05, 0.1) is 4.92 Å². The second kappa shape index (κ2) is 4.77. The zero-order chi connectivity index (χ0) is 11.4. The highest BCUT2D eigenvalue weighted by atomic mass is 16.6. The number of nitrogens with two attached hydrogens (primary N) is 1. The van der Waals surface area contributed by atoms with Gasteiger partial charge in [-0.1, -0.05) is 20.3 Å². The molecule has 2 N–H and O–H groups in total. The van der Waals surface area contributed by atoms with Gasteiger partial charge in [-0.25, -0.2) is 0 Å². The van der Waals surface area contributed by atoms with E-state index in [1.807, 2.05) is 6.92 Å². The highest BCUT2D eigenvalue weighted by Crippen LogP contribution is 2.29. The lowest BCUT2D eigenvalue weighted by Gasteiger charge is -2.12. The molecule has 0 amide bonds. The minimum Gasteiger partial charge on any atom is -0.398 e. The third-order valence-corrected chi connectivity index (χ3v) is 2.53. The first-order valence-electron chi connectivity index (χ1n) is 5.10. The Hall–Kier alpha value is -1.58. The Labute approximate surface area is 89.2 Å². The zero-order valence-electron chi connectivity index (χ0n) is 9.06. The molecule has 1 aromatic carbocycles. The quantitative estimate of drug-likeness (QED) is 0.469. The molecule has 4 heteroatoms. The van der Waals surface area contributed by atoms with Crippen LogP contribution in [0, 0.1) is 10.1 Å². The highest BCUT2D eigenvalue weighted by molar-refractivity contribution is 5.54. The highest BCUT2D eigenvalue weighted by Gasteiger charge is 2.13. The zero-order valence-corrected chi connectivity index (χ0v) is 9.06. The van der Waals surface area contributed by atoms with Crippen molar-refractivity contribution in [2.75, 3.05) is 5.73 Å². The van der Waals surface area contributed by atoms with Crippen LogP contribution in [0.25, 0.3) is 0 Å². The summed E-state index contributed by atoms with van der Waals surface area (Å²) >= 11 is 0. The van der Waals surface area contributed by atoms with Crippen LogP contribution in [-0.4, -0.2) is 4.92 Å². The van der Waals surface area contributed by atoms with E-state index >= 15 is 0 Å². The number of rotatable bonds is 4. The standard InChI is InChI=1S/C11H16N2O2/c1-3-4-8(2)10-7-9(13(14)15)5-6-11(10)12/h5-8H,3-4,12H2,1-2H3. The lowest BCUT2D eigenvalue weighted by atomic mass is 9.95. The molecular weight excluding hydrogens is 192 g/mol. The number of nitrogens with zero attached hydrogens (tertiary/aromatic N) is 1. The molecule has 0 aliphatic rings. The topological polar surface area (TPSA) is 69.2 Å². The van der Waals surface area contributed by atoms with Gasteiger partial charge in [0, 0.05) is 17.8 Å². The van der Waals surface area contributed by atoms with Gasteiger partial charge in [0.25, 0.3) is 5.69 Å². The summed E-state index contributed by atoms with van der Waals surface area (Å²) in [6, 6.07) is 4.63. The van der Waals surface area contributed by atoms with Crippen molar-refractivity contribution in [1.82, 2.24) is 0 Å². The lowest BCUT2D eigenvalue weighted by Crippen LogP contribution is -2.00. The molecule has 1 atom stereocenters. The first-order valence-corrected chi connectivity index (χ1v) is 5.10. The van der Waals surface area contributed by atoms with Crippen LogP contribution in [0.4, 0.5) is 11.4 Å². The molecule has 0 aromatic heterocycles. The molecular formula is C11H16N2O2. The fraction of sp³-hybridized carbons (Fsp3) is 0.455. The molecule has 15 heavy (non-hydrogen) atoms. The van der Waals surface area contributed by atoms with E-state index in [4.69, 9.17) is 5.73 Å². The monoisotopic (exact) mass is 208 g/mol. The number of hydrogen-bond acceptors (Lipinski definition) is 3. The molecule has 0 heterocycles. The fourth-order valence-corrected chi connectivity index (χ4v) is 1.69. The Morgan fingerprint density at radius 3 is 2.73 bits per heavy atom. The van der Waals surface area contributed by atoms with Crippen molar-refractivity contribution in [3.63, 3.8) is 0 Å². The first-order chi connectivity index (χ1) is 7.06. The maximum absolute atomic E-state index is 10.6. The van der Waals surface area contributed by atoms with Crippen LogP contribution in [0.3, 0.4) is 0 Å². The molecule has 0 aliphatic carbocycles. The van der Waals surface area contributed by atoms with E-state index in [1.54, 1.807) is 12.1 Å². The van der Waals surface area contributed by atoms with E-state index in [-0.39, 0.29) is 16.5 Å². The van der Waals surface area contributed by atoms with E-state index in [0.717, 1.165) is 18.4 Å². The Morgan fingerprint density at radius 1 is 1.53 bits per heavy atom. The molecule has 0 spiro atoms. The molecule has 82 valence electrons. The summed E-state index contributed by atoms with van der Waals surface area (Å²) in [4.78, 5) is 10.2. The van der Waals surface area contributed by atoms with Crippen LogP contribution in [0.2, 0.25) is 0 Å². The van der Waals surface area contributed by atoms with Crippen LogP contribution in [-0.2, 0) is 0 Å². The summed E-state index contributed by atoms with van der Waals surface area (Å²) in [5, 5.41) is 10.6. The number of hydrogen-bond donors (Lipinski definition) is 1. The molecule has 1 unspecified atom stereocenters. The van der Waals surface area contributed by atoms with Crippen LogP contribution < -0.4 is 5.73 Å². The van der Waals surface area contributed by atoms with Gasteiger partial charge in [-0.15, -0.1) is 0 Å². The van der Waals surface area contributed by atoms with E-state index in [0.29, 0.717) is 5.69 Å². The third-order valence-electron chi connectivity index (χ3n) is 2.53. The second-order valence-corrected chi connectivity index (χ2v) is 3.76. The van der Waals surface area contributed by atoms with Crippen molar-refractivity contribution in [2.24, 2.45) is 0 Å². The summed E-state index contributed by atoms with van der Waals surface area (Å²) in [5.41, 5.74) is 7.43. The molecule has 4 nitrogen and oxygen atoms in total. The van der Waals surface area contributed by atoms with Gasteiger partial charge in [0.1, 0.15) is 0 Å². The summed E-state index contributed by atoms with van der Waals surface area (Å²) < 4.78 is 0. The van der Waals surface area contributed by atoms with Gasteiger partial charge >= 0.3 is 0 Å². The van der Waals surface area contributed by atoms with Gasteiger partial charge < -0.3 is 5.73 Å². The second-order valence-electron chi connectivity index (χ2n) is 3.76. The first kappa shape index (κ1) is 11.5. The van der Waals surface area contributed by atoms with Crippen molar-refractivity contribution in [2.45, 2.75) is 32.6 Å². The van der Waals surface area contributed by atoms with E-state index in [9.17, 15) is 10.1 Å². The van der Waals surface area contributed by atoms with Gasteiger partial charge in [-0.05, 0) is 24.0 Å². The summed E-state index contributed by atoms with van der Waals surface area (Å²) in [6.07, 6.45) is 2.04. The molecule has 0 bridgehead atoms. The van der Waals surface area contributed by atoms with Crippen molar-refractivity contribution in [3.8, 4) is 0 Å². The molecule has 0 saturated heterocycles. The van der Waals surface area contributed by atoms with Crippen molar-refractivity contribution >= 4 is 11.4 Å². The number of nitro groups is 1. The normalized spacial score (nSPS) is 12.4. The van der Waals surface area contributed by atoms with E-state index < -0.39 is 0 Å². The Bertz CT molecular complexity index is 364. The van der Waals surface area contributed by atoms with Gasteiger partial charge in [0.15, 0.2) is 0 Å². The van der Waals surface area contributed by atoms with Crippen LogP contribution >= 0.6 is 0 Å². The summed E-state index contributed by atoms with van der Waals surface area (Å²) in [6.45, 7) is 4.13. The number of nitrogen functional groups attached to an aromatic ring is 1. The molecule has 0 aliphatic heterocycles. The predicted molar refractivity (Wildman–Crippen MR) is 60.8 cm³/mol. The number of anilines is 1. The van der Waals surface area contributed by atoms with Gasteiger partial charge in [-0.3, -0.25) is 10.1 Å². The molecule has 0 radical (unpaired) electrons. The molecule has 0 saturated carbocycles. The number of nitro benzene ring substituents is 1. The van der Waals surface area contributed by atoms with E-state index in [1.165, 1.54) is 6.07 Å². The molecule has 1 aromatic rings. The Balaban J connectivity index is 3.04. The summed E-state index contributed by atoms with van der Waals surface area (Å²) in [5.74, 6) is 0.273. The minimum absolute atomic E-state index is 0.113. The van der Waals surface area contributed by atoms with Crippen LogP contribution in [0.1, 0.15) is 38.2 Å². The smallest absolute Gasteiger partial charge is 0.269 e.